The minimum absolute atomic E-state index is 0.627. The van der Waals surface area contributed by atoms with Crippen molar-refractivity contribution in [3.63, 3.8) is 0 Å². The van der Waals surface area contributed by atoms with Gasteiger partial charge in [-0.15, -0.1) is 0 Å². The van der Waals surface area contributed by atoms with Gasteiger partial charge in [-0.25, -0.2) is 0 Å². The van der Waals surface area contributed by atoms with Crippen LogP contribution in [-0.4, -0.2) is 0 Å². The van der Waals surface area contributed by atoms with Crippen molar-refractivity contribution in [1.29, 1.82) is 0 Å². The number of nitrogens with two attached hydrogens (primary N) is 1. The van der Waals surface area contributed by atoms with Gasteiger partial charge in [0, 0.05) is 26.9 Å². The molecule has 0 atom stereocenters. The summed E-state index contributed by atoms with van der Waals surface area (Å²) in [4.78, 5) is 0. The Morgan fingerprint density at radius 1 is 1.00 bits per heavy atom. The number of nitrogen functional groups attached to an aromatic ring is 1. The first-order chi connectivity index (χ1) is 8.09. The lowest BCUT2D eigenvalue weighted by molar-refractivity contribution is 1.55. The fraction of sp³-hybridized carbons (Fsp3) is 0. The molecular formula is C14H11Cl2N. The van der Waals surface area contributed by atoms with Gasteiger partial charge in [-0.3, -0.25) is 0 Å². The van der Waals surface area contributed by atoms with Gasteiger partial charge in [0.15, 0.2) is 0 Å². The summed E-state index contributed by atoms with van der Waals surface area (Å²) in [6.45, 7) is 4.03. The highest BCUT2D eigenvalue weighted by Gasteiger charge is 2.09. The molecule has 0 fully saturated rings. The Morgan fingerprint density at radius 2 is 1.71 bits per heavy atom. The number of hydrogen-bond acceptors (Lipinski definition) is 1. The third kappa shape index (κ3) is 2.46. The van der Waals surface area contributed by atoms with Crippen molar-refractivity contribution in [2.24, 2.45) is 0 Å². The molecule has 2 N–H and O–H groups in total. The van der Waals surface area contributed by atoms with Gasteiger partial charge in [-0.05, 0) is 29.8 Å². The van der Waals surface area contributed by atoms with E-state index in [0.29, 0.717) is 15.7 Å². The molecule has 0 aromatic heterocycles. The van der Waals surface area contributed by atoms with Crippen molar-refractivity contribution in [1.82, 2.24) is 0 Å². The molecule has 0 spiro atoms. The fourth-order valence-corrected chi connectivity index (χ4v) is 2.06. The third-order valence-corrected chi connectivity index (χ3v) is 3.10. The SMILES string of the molecule is C=C(c1cc(Cl)ccc1N)c1ccccc1Cl. The van der Waals surface area contributed by atoms with Crippen molar-refractivity contribution in [2.45, 2.75) is 0 Å². The van der Waals surface area contributed by atoms with Crippen LogP contribution in [0, 0.1) is 0 Å². The van der Waals surface area contributed by atoms with Crippen LogP contribution >= 0.6 is 23.2 Å². The molecular weight excluding hydrogens is 253 g/mol. The van der Waals surface area contributed by atoms with Crippen LogP contribution in [-0.2, 0) is 0 Å². The quantitative estimate of drug-likeness (QED) is 0.786. The second kappa shape index (κ2) is 4.82. The molecule has 2 aromatic carbocycles. The summed E-state index contributed by atoms with van der Waals surface area (Å²) in [5.41, 5.74) is 9.00. The first-order valence-corrected chi connectivity index (χ1v) is 5.84. The molecule has 0 aliphatic rings. The van der Waals surface area contributed by atoms with E-state index >= 15 is 0 Å². The molecule has 0 saturated heterocycles. The van der Waals surface area contributed by atoms with Crippen LogP contribution in [0.4, 0.5) is 5.69 Å². The Morgan fingerprint density at radius 3 is 2.41 bits per heavy atom. The van der Waals surface area contributed by atoms with Gasteiger partial charge in [0.2, 0.25) is 0 Å². The summed E-state index contributed by atoms with van der Waals surface area (Å²) < 4.78 is 0. The average Bonchev–Trinajstić information content (AvgIpc) is 2.32. The van der Waals surface area contributed by atoms with Crippen LogP contribution in [0.1, 0.15) is 11.1 Å². The molecule has 0 saturated carbocycles. The number of anilines is 1. The molecule has 1 nitrogen and oxygen atoms in total. The number of halogens is 2. The summed E-state index contributed by atoms with van der Waals surface area (Å²) in [7, 11) is 0. The summed E-state index contributed by atoms with van der Waals surface area (Å²) in [5, 5.41) is 1.28. The van der Waals surface area contributed by atoms with Crippen molar-refractivity contribution in [3.8, 4) is 0 Å². The van der Waals surface area contributed by atoms with Crippen LogP contribution in [0.3, 0.4) is 0 Å². The van der Waals surface area contributed by atoms with Crippen LogP contribution in [0.15, 0.2) is 49.0 Å². The summed E-state index contributed by atoms with van der Waals surface area (Å²) in [6, 6.07) is 12.8. The molecule has 0 amide bonds. The van der Waals surface area contributed by atoms with Gasteiger partial charge < -0.3 is 5.73 Å². The van der Waals surface area contributed by atoms with Crippen LogP contribution in [0.2, 0.25) is 10.0 Å². The molecule has 86 valence electrons. The van der Waals surface area contributed by atoms with Gasteiger partial charge in [0.25, 0.3) is 0 Å². The van der Waals surface area contributed by atoms with Gasteiger partial charge in [0.1, 0.15) is 0 Å². The van der Waals surface area contributed by atoms with Gasteiger partial charge in [-0.2, -0.15) is 0 Å². The number of benzene rings is 2. The van der Waals surface area contributed by atoms with E-state index in [1.165, 1.54) is 0 Å². The molecule has 2 aromatic rings. The molecule has 0 radical (unpaired) electrons. The van der Waals surface area contributed by atoms with Crippen molar-refractivity contribution >= 4 is 34.5 Å². The Kier molecular flexibility index (Phi) is 3.41. The molecule has 17 heavy (non-hydrogen) atoms. The third-order valence-electron chi connectivity index (χ3n) is 2.54. The van der Waals surface area contributed by atoms with E-state index in [1.807, 2.05) is 24.3 Å². The lowest BCUT2D eigenvalue weighted by Gasteiger charge is -2.11. The molecule has 3 heteroatoms. The topological polar surface area (TPSA) is 26.0 Å². The van der Waals surface area contributed by atoms with E-state index in [-0.39, 0.29) is 0 Å². The van der Waals surface area contributed by atoms with Gasteiger partial charge in [-0.1, -0.05) is 48.0 Å². The number of hydrogen-bond donors (Lipinski definition) is 1. The van der Waals surface area contributed by atoms with E-state index in [9.17, 15) is 0 Å². The highest BCUT2D eigenvalue weighted by molar-refractivity contribution is 6.33. The second-order valence-electron chi connectivity index (χ2n) is 3.69. The Balaban J connectivity index is 2.51. The van der Waals surface area contributed by atoms with Gasteiger partial charge in [0.05, 0.1) is 0 Å². The van der Waals surface area contributed by atoms with Gasteiger partial charge >= 0.3 is 0 Å². The Hall–Kier alpha value is -1.44. The summed E-state index contributed by atoms with van der Waals surface area (Å²) >= 11 is 12.1. The first-order valence-electron chi connectivity index (χ1n) is 5.09. The lowest BCUT2D eigenvalue weighted by atomic mass is 9.98. The van der Waals surface area contributed by atoms with E-state index in [0.717, 1.165) is 16.7 Å². The minimum atomic E-state index is 0.627. The fourth-order valence-electron chi connectivity index (χ4n) is 1.64. The molecule has 0 bridgehead atoms. The van der Waals surface area contributed by atoms with E-state index in [1.54, 1.807) is 18.2 Å². The second-order valence-corrected chi connectivity index (χ2v) is 4.53. The van der Waals surface area contributed by atoms with E-state index in [4.69, 9.17) is 28.9 Å². The predicted molar refractivity (Wildman–Crippen MR) is 75.5 cm³/mol. The summed E-state index contributed by atoms with van der Waals surface area (Å²) in [6.07, 6.45) is 0. The maximum Gasteiger partial charge on any atom is 0.0484 e. The molecule has 0 heterocycles. The van der Waals surface area contributed by atoms with Crippen LogP contribution in [0.25, 0.3) is 5.57 Å². The lowest BCUT2D eigenvalue weighted by Crippen LogP contribution is -1.94. The van der Waals surface area contributed by atoms with Crippen LogP contribution in [0.5, 0.6) is 0 Å². The summed E-state index contributed by atoms with van der Waals surface area (Å²) in [5.74, 6) is 0. The number of rotatable bonds is 2. The maximum absolute atomic E-state index is 6.13. The Labute approximate surface area is 110 Å². The first kappa shape index (κ1) is 12.0. The van der Waals surface area contributed by atoms with E-state index in [2.05, 4.69) is 6.58 Å². The Bertz CT molecular complexity index is 576. The average molecular weight is 264 g/mol. The minimum Gasteiger partial charge on any atom is -0.398 e. The predicted octanol–water partition coefficient (Wildman–Crippen LogP) is 4.64. The van der Waals surface area contributed by atoms with E-state index < -0.39 is 0 Å². The smallest absolute Gasteiger partial charge is 0.0484 e. The van der Waals surface area contributed by atoms with Crippen molar-refractivity contribution < 1.29 is 0 Å². The zero-order chi connectivity index (χ0) is 12.4. The molecule has 0 aliphatic carbocycles. The standard InChI is InChI=1S/C14H11Cl2N/c1-9(11-4-2-3-5-13(11)16)12-8-10(15)6-7-14(12)17/h2-8H,1,17H2. The zero-order valence-electron chi connectivity index (χ0n) is 9.08. The van der Waals surface area contributed by atoms with Crippen molar-refractivity contribution in [3.05, 3.63) is 70.2 Å². The molecule has 2 rings (SSSR count). The van der Waals surface area contributed by atoms with Crippen LogP contribution < -0.4 is 5.73 Å². The molecule has 0 aliphatic heterocycles. The maximum atomic E-state index is 6.13. The highest BCUT2D eigenvalue weighted by atomic mass is 35.5. The molecule has 0 unspecified atom stereocenters. The largest absolute Gasteiger partial charge is 0.398 e. The van der Waals surface area contributed by atoms with Crippen molar-refractivity contribution in [2.75, 3.05) is 5.73 Å². The monoisotopic (exact) mass is 263 g/mol. The normalized spacial score (nSPS) is 10.2. The zero-order valence-corrected chi connectivity index (χ0v) is 10.6. The highest BCUT2D eigenvalue weighted by Crippen LogP contribution is 2.32.